The largest absolute Gasteiger partial charge is 0.337 e. The summed E-state index contributed by atoms with van der Waals surface area (Å²) in [6, 6.07) is -0.832. The zero-order valence-corrected chi connectivity index (χ0v) is 14.0. The van der Waals surface area contributed by atoms with Gasteiger partial charge >= 0.3 is 6.03 Å². The van der Waals surface area contributed by atoms with Crippen molar-refractivity contribution in [3.05, 3.63) is 11.7 Å². The van der Waals surface area contributed by atoms with Gasteiger partial charge in [-0.05, 0) is 30.8 Å². The predicted molar refractivity (Wildman–Crippen MR) is 83.3 cm³/mol. The van der Waals surface area contributed by atoms with Crippen LogP contribution < -0.4 is 5.32 Å². The Balaban J connectivity index is 1.92. The van der Waals surface area contributed by atoms with Gasteiger partial charge in [0.2, 0.25) is 5.89 Å². The highest BCUT2D eigenvalue weighted by Gasteiger charge is 2.38. The van der Waals surface area contributed by atoms with Crippen LogP contribution in [0.2, 0.25) is 0 Å². The fraction of sp³-hybridized carbons (Fsp3) is 0.714. The van der Waals surface area contributed by atoms with E-state index < -0.39 is 12.1 Å². The summed E-state index contributed by atoms with van der Waals surface area (Å²) in [4.78, 5) is 29.5. The highest BCUT2D eigenvalue weighted by molar-refractivity contribution is 7.98. The number of amides is 3. The lowest BCUT2D eigenvalue weighted by Gasteiger charge is -2.09. The van der Waals surface area contributed by atoms with Crippen LogP contribution in [0.5, 0.6) is 0 Å². The third kappa shape index (κ3) is 4.22. The average molecular weight is 326 g/mol. The summed E-state index contributed by atoms with van der Waals surface area (Å²) < 4.78 is 5.13. The number of aromatic nitrogens is 2. The zero-order chi connectivity index (χ0) is 16.1. The van der Waals surface area contributed by atoms with E-state index in [1.807, 2.05) is 6.26 Å². The fourth-order valence-corrected chi connectivity index (χ4v) is 2.64. The number of aryl methyl sites for hydroxylation is 1. The molecule has 0 bridgehead atoms. The van der Waals surface area contributed by atoms with Gasteiger partial charge < -0.3 is 9.84 Å². The van der Waals surface area contributed by atoms with Crippen molar-refractivity contribution in [1.82, 2.24) is 20.4 Å². The molecule has 7 nitrogen and oxygen atoms in total. The number of carbonyl (C=O) groups excluding carboxylic acids is 2. The lowest BCUT2D eigenvalue weighted by Crippen LogP contribution is -2.31. The van der Waals surface area contributed by atoms with Crippen molar-refractivity contribution >= 4 is 23.7 Å². The molecule has 1 N–H and O–H groups in total. The minimum absolute atomic E-state index is 0.0368. The van der Waals surface area contributed by atoms with E-state index in [0.29, 0.717) is 24.1 Å². The molecular weight excluding hydrogens is 304 g/mol. The molecule has 2 heterocycles. The maximum atomic E-state index is 12.2. The van der Waals surface area contributed by atoms with E-state index in [1.165, 1.54) is 0 Å². The first-order valence-corrected chi connectivity index (χ1v) is 8.83. The summed E-state index contributed by atoms with van der Waals surface area (Å²) in [5.41, 5.74) is 0. The number of urea groups is 1. The second kappa shape index (κ2) is 7.62. The number of rotatable bonds is 8. The van der Waals surface area contributed by atoms with E-state index >= 15 is 0 Å². The molecule has 0 spiro atoms. The fourth-order valence-electron chi connectivity index (χ4n) is 2.17. The molecule has 1 saturated heterocycles. The van der Waals surface area contributed by atoms with Crippen LogP contribution in [0.15, 0.2) is 4.52 Å². The number of imide groups is 1. The van der Waals surface area contributed by atoms with Crippen molar-refractivity contribution in [3.8, 4) is 0 Å². The molecule has 1 aromatic heterocycles. The van der Waals surface area contributed by atoms with Crippen LogP contribution in [0.1, 0.15) is 38.4 Å². The molecule has 0 aromatic carbocycles. The minimum atomic E-state index is -0.441. The number of nitrogens with zero attached hydrogens (tertiary/aromatic N) is 3. The number of hydrogen-bond donors (Lipinski definition) is 1. The predicted octanol–water partition coefficient (Wildman–Crippen LogP) is 1.83. The van der Waals surface area contributed by atoms with Crippen molar-refractivity contribution in [2.75, 3.05) is 12.0 Å². The van der Waals surface area contributed by atoms with E-state index in [2.05, 4.69) is 29.3 Å². The van der Waals surface area contributed by atoms with Crippen LogP contribution in [-0.2, 0) is 17.8 Å². The third-order valence-corrected chi connectivity index (χ3v) is 4.11. The summed E-state index contributed by atoms with van der Waals surface area (Å²) >= 11 is 1.65. The van der Waals surface area contributed by atoms with E-state index in [4.69, 9.17) is 4.52 Å². The van der Waals surface area contributed by atoms with Crippen molar-refractivity contribution in [1.29, 1.82) is 0 Å². The lowest BCUT2D eigenvalue weighted by atomic mass is 10.1. The van der Waals surface area contributed by atoms with Gasteiger partial charge in [-0.2, -0.15) is 16.7 Å². The van der Waals surface area contributed by atoms with Gasteiger partial charge in [-0.15, -0.1) is 0 Å². The molecule has 0 saturated carbocycles. The Morgan fingerprint density at radius 1 is 1.41 bits per heavy atom. The molecule has 3 amide bonds. The highest BCUT2D eigenvalue weighted by Crippen LogP contribution is 2.15. The number of thioether (sulfide) groups is 1. The van der Waals surface area contributed by atoms with E-state index in [-0.39, 0.29) is 12.5 Å². The maximum Gasteiger partial charge on any atom is 0.325 e. The van der Waals surface area contributed by atoms with Crippen LogP contribution in [0.25, 0.3) is 0 Å². The van der Waals surface area contributed by atoms with Gasteiger partial charge in [-0.3, -0.25) is 9.69 Å². The van der Waals surface area contributed by atoms with Crippen LogP contribution in [0.3, 0.4) is 0 Å². The number of carbonyl (C=O) groups is 2. The Hall–Kier alpha value is -1.57. The molecular formula is C14H22N4O3S. The summed E-state index contributed by atoms with van der Waals surface area (Å²) in [5.74, 6) is 2.08. The first kappa shape index (κ1) is 16.8. The Labute approximate surface area is 134 Å². The minimum Gasteiger partial charge on any atom is -0.337 e. The Bertz CT molecular complexity index is 532. The highest BCUT2D eigenvalue weighted by atomic mass is 32.2. The third-order valence-electron chi connectivity index (χ3n) is 3.47. The van der Waals surface area contributed by atoms with Crippen LogP contribution >= 0.6 is 11.8 Å². The molecule has 122 valence electrons. The standard InChI is InChI=1S/C14H22N4O3S/c1-9(2)4-5-11-16-12(21-17-11)8-18-13(19)10(6-7-22-3)15-14(18)20/h9-10H,4-8H2,1-3H3,(H,15,20). The quantitative estimate of drug-likeness (QED) is 0.733. The second-order valence-electron chi connectivity index (χ2n) is 5.74. The van der Waals surface area contributed by atoms with E-state index in [0.717, 1.165) is 23.5 Å². The Morgan fingerprint density at radius 3 is 2.86 bits per heavy atom. The molecule has 2 rings (SSSR count). The molecule has 1 atom stereocenters. The van der Waals surface area contributed by atoms with Crippen molar-refractivity contribution in [2.24, 2.45) is 5.92 Å². The summed E-state index contributed by atoms with van der Waals surface area (Å²) in [6.07, 6.45) is 4.30. The van der Waals surface area contributed by atoms with Crippen LogP contribution in [0, 0.1) is 5.92 Å². The number of hydrogen-bond acceptors (Lipinski definition) is 6. The SMILES string of the molecule is CSCCC1NC(=O)N(Cc2nc(CCC(C)C)no2)C1=O. The van der Waals surface area contributed by atoms with Gasteiger partial charge in [0.1, 0.15) is 12.6 Å². The van der Waals surface area contributed by atoms with Crippen molar-refractivity contribution in [2.45, 2.75) is 45.7 Å². The Kier molecular flexibility index (Phi) is 5.82. The van der Waals surface area contributed by atoms with Gasteiger partial charge in [0, 0.05) is 6.42 Å². The molecule has 22 heavy (non-hydrogen) atoms. The zero-order valence-electron chi connectivity index (χ0n) is 13.2. The molecule has 1 aromatic rings. The molecule has 1 unspecified atom stereocenters. The topological polar surface area (TPSA) is 88.3 Å². The van der Waals surface area contributed by atoms with E-state index in [1.54, 1.807) is 11.8 Å². The summed E-state index contributed by atoms with van der Waals surface area (Å²) in [6.45, 7) is 4.29. The normalized spacial score (nSPS) is 18.4. The van der Waals surface area contributed by atoms with Gasteiger partial charge in [-0.1, -0.05) is 19.0 Å². The maximum absolute atomic E-state index is 12.2. The monoisotopic (exact) mass is 326 g/mol. The smallest absolute Gasteiger partial charge is 0.325 e. The van der Waals surface area contributed by atoms with Crippen LogP contribution in [0.4, 0.5) is 4.79 Å². The Morgan fingerprint density at radius 2 is 2.18 bits per heavy atom. The lowest BCUT2D eigenvalue weighted by molar-refractivity contribution is -0.128. The molecule has 8 heteroatoms. The first-order valence-electron chi connectivity index (χ1n) is 7.43. The number of nitrogens with one attached hydrogen (secondary N) is 1. The first-order chi connectivity index (χ1) is 10.5. The van der Waals surface area contributed by atoms with Gasteiger partial charge in [0.25, 0.3) is 5.91 Å². The van der Waals surface area contributed by atoms with Gasteiger partial charge in [0.05, 0.1) is 0 Å². The second-order valence-corrected chi connectivity index (χ2v) is 6.73. The molecule has 1 aliphatic heterocycles. The average Bonchev–Trinajstić information content (AvgIpc) is 3.03. The molecule has 0 aliphatic carbocycles. The summed E-state index contributed by atoms with van der Waals surface area (Å²) in [5, 5.41) is 6.58. The van der Waals surface area contributed by atoms with Gasteiger partial charge in [-0.25, -0.2) is 4.79 Å². The van der Waals surface area contributed by atoms with Gasteiger partial charge in [0.15, 0.2) is 5.82 Å². The summed E-state index contributed by atoms with van der Waals surface area (Å²) in [7, 11) is 0. The van der Waals surface area contributed by atoms with Crippen LogP contribution in [-0.4, -0.2) is 45.0 Å². The van der Waals surface area contributed by atoms with E-state index in [9.17, 15) is 9.59 Å². The van der Waals surface area contributed by atoms with Crippen molar-refractivity contribution < 1.29 is 14.1 Å². The molecule has 0 radical (unpaired) electrons. The molecule has 1 aliphatic rings. The molecule has 1 fully saturated rings. The van der Waals surface area contributed by atoms with Crippen molar-refractivity contribution in [3.63, 3.8) is 0 Å².